The Labute approximate surface area is 126 Å². The number of carboxylic acid groups (broad SMARTS) is 1. The number of nitrogens with one attached hydrogen (secondary N) is 1. The Hall–Kier alpha value is -1.32. The number of carboxylic acids is 1. The zero-order valence-corrected chi connectivity index (χ0v) is 12.6. The van der Waals surface area contributed by atoms with Crippen molar-refractivity contribution in [2.45, 2.75) is 51.5 Å². The highest BCUT2D eigenvalue weighted by atomic mass is 16.4. The van der Waals surface area contributed by atoms with E-state index in [9.17, 15) is 14.7 Å². The van der Waals surface area contributed by atoms with Gasteiger partial charge >= 0.3 is 5.97 Å². The molecule has 0 aliphatic heterocycles. The first kappa shape index (κ1) is 14.6. The number of rotatable bonds is 4. The first-order valence-electron chi connectivity index (χ1n) is 8.29. The Morgan fingerprint density at radius 3 is 2.33 bits per heavy atom. The van der Waals surface area contributed by atoms with E-state index in [0.717, 1.165) is 6.42 Å². The average molecular weight is 291 g/mol. The van der Waals surface area contributed by atoms with Gasteiger partial charge in [-0.3, -0.25) is 9.59 Å². The highest BCUT2D eigenvalue weighted by Crippen LogP contribution is 2.48. The lowest BCUT2D eigenvalue weighted by Crippen LogP contribution is -2.46. The molecule has 0 aromatic rings. The van der Waals surface area contributed by atoms with Crippen molar-refractivity contribution in [1.29, 1.82) is 0 Å². The van der Waals surface area contributed by atoms with E-state index < -0.39 is 11.9 Å². The predicted molar refractivity (Wildman–Crippen MR) is 79.5 cm³/mol. The summed E-state index contributed by atoms with van der Waals surface area (Å²) in [5.74, 6) is -1.04. The lowest BCUT2D eigenvalue weighted by molar-refractivity contribution is -0.148. The van der Waals surface area contributed by atoms with Crippen molar-refractivity contribution in [3.8, 4) is 0 Å². The van der Waals surface area contributed by atoms with Crippen LogP contribution < -0.4 is 5.32 Å². The maximum Gasteiger partial charge on any atom is 0.307 e. The van der Waals surface area contributed by atoms with E-state index in [1.165, 1.54) is 32.1 Å². The van der Waals surface area contributed by atoms with Crippen LogP contribution in [0.1, 0.15) is 45.4 Å². The molecular weight excluding hydrogens is 266 g/mol. The number of hydrogen-bond donors (Lipinski definition) is 2. The summed E-state index contributed by atoms with van der Waals surface area (Å²) >= 11 is 0. The smallest absolute Gasteiger partial charge is 0.307 e. The third kappa shape index (κ3) is 2.72. The van der Waals surface area contributed by atoms with Crippen molar-refractivity contribution in [2.75, 3.05) is 0 Å². The van der Waals surface area contributed by atoms with Crippen LogP contribution >= 0.6 is 0 Å². The second-order valence-corrected chi connectivity index (χ2v) is 7.03. The number of carbonyl (C=O) groups excluding carboxylic acids is 1. The van der Waals surface area contributed by atoms with Gasteiger partial charge in [0.05, 0.1) is 11.8 Å². The van der Waals surface area contributed by atoms with Gasteiger partial charge in [-0.1, -0.05) is 31.4 Å². The Bertz CT molecular complexity index is 453. The molecule has 1 amide bonds. The van der Waals surface area contributed by atoms with Crippen LogP contribution in [0.5, 0.6) is 0 Å². The standard InChI is InChI=1S/C17H25NO3/c1-10(11-5-3-2-4-6-11)18-16(19)14-12-7-8-13(9-12)15(14)17(20)21/h7-8,10-15H,2-6,9H2,1H3,(H,18,19)(H,20,21). The molecule has 2 saturated carbocycles. The van der Waals surface area contributed by atoms with Crippen LogP contribution in [-0.4, -0.2) is 23.0 Å². The van der Waals surface area contributed by atoms with Gasteiger partial charge in [-0.2, -0.15) is 0 Å². The topological polar surface area (TPSA) is 66.4 Å². The molecule has 0 saturated heterocycles. The van der Waals surface area contributed by atoms with E-state index in [0.29, 0.717) is 5.92 Å². The molecule has 116 valence electrons. The quantitative estimate of drug-likeness (QED) is 0.782. The maximum atomic E-state index is 12.6. The van der Waals surface area contributed by atoms with Gasteiger partial charge in [0.2, 0.25) is 5.91 Å². The third-order valence-electron chi connectivity index (χ3n) is 5.77. The van der Waals surface area contributed by atoms with Crippen LogP contribution in [0.2, 0.25) is 0 Å². The van der Waals surface area contributed by atoms with Gasteiger partial charge in [-0.15, -0.1) is 0 Å². The van der Waals surface area contributed by atoms with Crippen LogP contribution in [0.25, 0.3) is 0 Å². The highest BCUT2D eigenvalue weighted by molar-refractivity contribution is 5.87. The number of hydrogen-bond acceptors (Lipinski definition) is 2. The van der Waals surface area contributed by atoms with Crippen molar-refractivity contribution in [3.05, 3.63) is 12.2 Å². The van der Waals surface area contributed by atoms with Gasteiger partial charge < -0.3 is 10.4 Å². The molecule has 0 aromatic carbocycles. The zero-order valence-electron chi connectivity index (χ0n) is 12.6. The second-order valence-electron chi connectivity index (χ2n) is 7.03. The fourth-order valence-electron chi connectivity index (χ4n) is 4.59. The van der Waals surface area contributed by atoms with Crippen molar-refractivity contribution in [1.82, 2.24) is 5.32 Å². The normalized spacial score (nSPS) is 36.6. The molecule has 0 aromatic heterocycles. The minimum atomic E-state index is -0.822. The summed E-state index contributed by atoms with van der Waals surface area (Å²) in [6, 6.07) is 0.162. The Kier molecular flexibility index (Phi) is 4.05. The van der Waals surface area contributed by atoms with E-state index in [4.69, 9.17) is 0 Å². The van der Waals surface area contributed by atoms with Gasteiger partial charge in [0.25, 0.3) is 0 Å². The van der Waals surface area contributed by atoms with Gasteiger partial charge in [0.15, 0.2) is 0 Å². The van der Waals surface area contributed by atoms with Crippen molar-refractivity contribution in [2.24, 2.45) is 29.6 Å². The second kappa shape index (κ2) is 5.82. The molecule has 5 atom stereocenters. The van der Waals surface area contributed by atoms with E-state index in [-0.39, 0.29) is 29.7 Å². The molecule has 4 nitrogen and oxygen atoms in total. The molecule has 0 radical (unpaired) electrons. The molecular formula is C17H25NO3. The molecule has 3 rings (SSSR count). The lowest BCUT2D eigenvalue weighted by atomic mass is 9.81. The van der Waals surface area contributed by atoms with Crippen LogP contribution in [0.4, 0.5) is 0 Å². The Morgan fingerprint density at radius 2 is 1.71 bits per heavy atom. The average Bonchev–Trinajstić information content (AvgIpc) is 3.08. The first-order chi connectivity index (χ1) is 10.1. The molecule has 3 aliphatic carbocycles. The molecule has 2 N–H and O–H groups in total. The summed E-state index contributed by atoms with van der Waals surface area (Å²) in [5.41, 5.74) is 0. The van der Waals surface area contributed by atoms with Crippen LogP contribution in [0, 0.1) is 29.6 Å². The van der Waals surface area contributed by atoms with Crippen molar-refractivity contribution >= 4 is 11.9 Å². The summed E-state index contributed by atoms with van der Waals surface area (Å²) in [4.78, 5) is 24.1. The van der Waals surface area contributed by atoms with E-state index in [1.807, 2.05) is 12.2 Å². The molecule has 21 heavy (non-hydrogen) atoms. The number of aliphatic carboxylic acids is 1. The van der Waals surface area contributed by atoms with Gasteiger partial charge in [0, 0.05) is 6.04 Å². The first-order valence-corrected chi connectivity index (χ1v) is 8.29. The fourth-order valence-corrected chi connectivity index (χ4v) is 4.59. The van der Waals surface area contributed by atoms with Gasteiger partial charge in [0.1, 0.15) is 0 Å². The van der Waals surface area contributed by atoms with E-state index in [2.05, 4.69) is 12.2 Å². The van der Waals surface area contributed by atoms with Crippen LogP contribution in [0.15, 0.2) is 12.2 Å². The molecule has 2 bridgehead atoms. The largest absolute Gasteiger partial charge is 0.481 e. The molecule has 3 aliphatic rings. The van der Waals surface area contributed by atoms with Crippen LogP contribution in [0.3, 0.4) is 0 Å². The molecule has 4 heteroatoms. The zero-order chi connectivity index (χ0) is 15.0. The number of amides is 1. The highest BCUT2D eigenvalue weighted by Gasteiger charge is 2.51. The maximum absolute atomic E-state index is 12.6. The van der Waals surface area contributed by atoms with Crippen molar-refractivity contribution in [3.63, 3.8) is 0 Å². The molecule has 0 heterocycles. The monoisotopic (exact) mass is 291 g/mol. The number of carbonyl (C=O) groups is 2. The summed E-state index contributed by atoms with van der Waals surface area (Å²) < 4.78 is 0. The van der Waals surface area contributed by atoms with E-state index >= 15 is 0 Å². The molecule has 0 spiro atoms. The van der Waals surface area contributed by atoms with Gasteiger partial charge in [-0.25, -0.2) is 0 Å². The lowest BCUT2D eigenvalue weighted by Gasteiger charge is -2.31. The number of fused-ring (bicyclic) bond motifs is 2. The van der Waals surface area contributed by atoms with Gasteiger partial charge in [-0.05, 0) is 43.9 Å². The fraction of sp³-hybridized carbons (Fsp3) is 0.765. The molecule has 5 unspecified atom stereocenters. The summed E-state index contributed by atoms with van der Waals surface area (Å²) in [6.07, 6.45) is 11.0. The summed E-state index contributed by atoms with van der Waals surface area (Å²) in [5, 5.41) is 12.5. The van der Waals surface area contributed by atoms with Crippen molar-refractivity contribution < 1.29 is 14.7 Å². The summed E-state index contributed by atoms with van der Waals surface area (Å²) in [6.45, 7) is 2.08. The minimum absolute atomic E-state index is 0.0441. The summed E-state index contributed by atoms with van der Waals surface area (Å²) in [7, 11) is 0. The Morgan fingerprint density at radius 1 is 1.10 bits per heavy atom. The number of allylic oxidation sites excluding steroid dienone is 2. The van der Waals surface area contributed by atoms with Crippen LogP contribution in [-0.2, 0) is 9.59 Å². The SMILES string of the molecule is CC(NC(=O)C1C2C=CC(C2)C1C(=O)O)C1CCCCC1. The van der Waals surface area contributed by atoms with E-state index in [1.54, 1.807) is 0 Å². The predicted octanol–water partition coefficient (Wildman–Crippen LogP) is 2.59. The minimum Gasteiger partial charge on any atom is -0.481 e. The third-order valence-corrected chi connectivity index (χ3v) is 5.77. The molecule has 2 fully saturated rings. The Balaban J connectivity index is 1.64.